The number of carbonyl (C=O) groups is 1. The highest BCUT2D eigenvalue weighted by Gasteiger charge is 2.29. The summed E-state index contributed by atoms with van der Waals surface area (Å²) in [5.74, 6) is -0.0752. The van der Waals surface area contributed by atoms with Gasteiger partial charge in [-0.2, -0.15) is 0 Å². The molecule has 4 aromatic rings. The number of aromatic nitrogens is 2. The molecule has 1 heterocycles. The summed E-state index contributed by atoms with van der Waals surface area (Å²) in [6.45, 7) is 9.62. The van der Waals surface area contributed by atoms with E-state index in [1.165, 1.54) is 4.68 Å². The summed E-state index contributed by atoms with van der Waals surface area (Å²) in [6.07, 6.45) is 0. The van der Waals surface area contributed by atoms with E-state index in [0.717, 1.165) is 9.87 Å². The maximum absolute atomic E-state index is 13.9. The van der Waals surface area contributed by atoms with Crippen LogP contribution in [0.5, 0.6) is 5.75 Å². The van der Waals surface area contributed by atoms with Crippen LogP contribution in [0.2, 0.25) is 0 Å². The number of hydrogen-bond acceptors (Lipinski definition) is 5. The maximum Gasteiger partial charge on any atom is 0.295 e. The molecule has 0 atom stereocenters. The molecule has 1 amide bonds. The lowest BCUT2D eigenvalue weighted by molar-refractivity contribution is -0.114. The molecule has 0 radical (unpaired) electrons. The Morgan fingerprint density at radius 3 is 2.12 bits per heavy atom. The van der Waals surface area contributed by atoms with Crippen molar-refractivity contribution in [2.24, 2.45) is 7.05 Å². The van der Waals surface area contributed by atoms with Crippen LogP contribution in [0.15, 0.2) is 88.6 Å². The van der Waals surface area contributed by atoms with Crippen molar-refractivity contribution < 1.29 is 17.9 Å². The van der Waals surface area contributed by atoms with E-state index in [1.807, 2.05) is 45.9 Å². The van der Waals surface area contributed by atoms with Crippen LogP contribution in [0.4, 0.5) is 11.4 Å². The second kappa shape index (κ2) is 11.7. The zero-order valence-electron chi connectivity index (χ0n) is 24.2. The number of nitrogens with one attached hydrogen (secondary N) is 1. The van der Waals surface area contributed by atoms with E-state index in [1.54, 1.807) is 79.3 Å². The molecule has 216 valence electrons. The van der Waals surface area contributed by atoms with Crippen molar-refractivity contribution in [3.8, 4) is 11.4 Å². The fourth-order valence-electron chi connectivity index (χ4n) is 4.47. The Morgan fingerprint density at radius 1 is 0.951 bits per heavy atom. The van der Waals surface area contributed by atoms with E-state index in [0.29, 0.717) is 23.7 Å². The second-order valence-corrected chi connectivity index (χ2v) is 12.6. The molecular weight excluding hydrogens is 540 g/mol. The fraction of sp³-hybridized carbons (Fsp3) is 0.290. The molecule has 0 bridgehead atoms. The first kappa shape index (κ1) is 29.7. The lowest BCUT2D eigenvalue weighted by atomic mass is 9.87. The Kier molecular flexibility index (Phi) is 8.44. The molecule has 0 fully saturated rings. The minimum Gasteiger partial charge on any atom is -0.494 e. The van der Waals surface area contributed by atoms with Crippen LogP contribution in [0.1, 0.15) is 39.0 Å². The predicted octanol–water partition coefficient (Wildman–Crippen LogP) is 5.01. The van der Waals surface area contributed by atoms with Crippen LogP contribution < -0.4 is 19.9 Å². The Hall–Kier alpha value is -4.31. The highest BCUT2D eigenvalue weighted by atomic mass is 32.2. The number of rotatable bonds is 9. The average Bonchev–Trinajstić information content (AvgIpc) is 3.15. The van der Waals surface area contributed by atoms with Gasteiger partial charge in [0.2, 0.25) is 5.91 Å². The Balaban J connectivity index is 1.69. The molecular formula is C31H36N4O5S. The van der Waals surface area contributed by atoms with Gasteiger partial charge in [-0.25, -0.2) is 13.1 Å². The molecule has 1 N–H and O–H groups in total. The van der Waals surface area contributed by atoms with Gasteiger partial charge >= 0.3 is 0 Å². The molecule has 1 aromatic heterocycles. The summed E-state index contributed by atoms with van der Waals surface area (Å²) in [4.78, 5) is 26.8. The summed E-state index contributed by atoms with van der Waals surface area (Å²) in [5, 5.41) is 2.67. The van der Waals surface area contributed by atoms with Gasteiger partial charge in [0.05, 0.1) is 28.6 Å². The van der Waals surface area contributed by atoms with Gasteiger partial charge in [0.25, 0.3) is 15.6 Å². The summed E-state index contributed by atoms with van der Waals surface area (Å²) in [6, 6.07) is 22.2. The van der Waals surface area contributed by atoms with Crippen LogP contribution >= 0.6 is 0 Å². The zero-order valence-corrected chi connectivity index (χ0v) is 25.0. The molecule has 0 saturated heterocycles. The standard InChI is InChI=1S/C31H36N4O5S/c1-7-40-26-17-15-24(16-18-26)34(41(38,39)27-19-13-23(14-20-27)31(3,4)5)21-28(36)32-29-22(2)33(6)35(30(29)37)25-11-9-8-10-12-25/h8-20H,7,21H2,1-6H3,(H,32,36). The molecule has 0 spiro atoms. The third-order valence-electron chi connectivity index (χ3n) is 6.85. The van der Waals surface area contributed by atoms with Gasteiger partial charge in [-0.15, -0.1) is 0 Å². The number of ether oxygens (including phenoxy) is 1. The van der Waals surface area contributed by atoms with Crippen molar-refractivity contribution >= 4 is 27.3 Å². The zero-order chi connectivity index (χ0) is 29.9. The van der Waals surface area contributed by atoms with Crippen LogP contribution in [-0.2, 0) is 27.3 Å². The van der Waals surface area contributed by atoms with Crippen molar-refractivity contribution in [1.82, 2.24) is 9.36 Å². The molecule has 9 nitrogen and oxygen atoms in total. The predicted molar refractivity (Wildman–Crippen MR) is 162 cm³/mol. The van der Waals surface area contributed by atoms with Crippen LogP contribution in [0, 0.1) is 6.92 Å². The molecule has 0 aliphatic rings. The third-order valence-corrected chi connectivity index (χ3v) is 8.64. The average molecular weight is 577 g/mol. The van der Waals surface area contributed by atoms with Crippen LogP contribution in [0.25, 0.3) is 5.69 Å². The molecule has 0 aliphatic heterocycles. The molecule has 3 aromatic carbocycles. The van der Waals surface area contributed by atoms with Gasteiger partial charge < -0.3 is 10.1 Å². The number of benzene rings is 3. The van der Waals surface area contributed by atoms with Gasteiger partial charge in [0, 0.05) is 7.05 Å². The fourth-order valence-corrected chi connectivity index (χ4v) is 5.89. The summed E-state index contributed by atoms with van der Waals surface area (Å²) >= 11 is 0. The summed E-state index contributed by atoms with van der Waals surface area (Å²) in [7, 11) is -2.43. The lowest BCUT2D eigenvalue weighted by Gasteiger charge is -2.25. The Morgan fingerprint density at radius 2 is 1.56 bits per heavy atom. The smallest absolute Gasteiger partial charge is 0.295 e. The number of nitrogens with zero attached hydrogens (tertiary/aromatic N) is 3. The van der Waals surface area contributed by atoms with Gasteiger partial charge in [0.15, 0.2) is 0 Å². The topological polar surface area (TPSA) is 103 Å². The first-order valence-electron chi connectivity index (χ1n) is 13.3. The van der Waals surface area contributed by atoms with Crippen molar-refractivity contribution in [2.45, 2.75) is 44.9 Å². The van der Waals surface area contributed by atoms with Gasteiger partial charge in [-0.3, -0.25) is 18.6 Å². The Labute approximate surface area is 241 Å². The van der Waals surface area contributed by atoms with E-state index in [-0.39, 0.29) is 21.7 Å². The highest BCUT2D eigenvalue weighted by Crippen LogP contribution is 2.28. The molecule has 0 saturated carbocycles. The normalized spacial score (nSPS) is 11.8. The van der Waals surface area contributed by atoms with Crippen LogP contribution in [0.3, 0.4) is 0 Å². The Bertz CT molecular complexity index is 1680. The SMILES string of the molecule is CCOc1ccc(N(CC(=O)Nc2c(C)n(C)n(-c3ccccc3)c2=O)S(=O)(=O)c2ccc(C(C)(C)C)cc2)cc1. The largest absolute Gasteiger partial charge is 0.494 e. The van der Waals surface area contributed by atoms with E-state index in [2.05, 4.69) is 5.32 Å². The van der Waals surface area contributed by atoms with Crippen molar-refractivity contribution in [3.63, 3.8) is 0 Å². The minimum atomic E-state index is -4.15. The number of carbonyl (C=O) groups excluding carboxylic acids is 1. The van der Waals surface area contributed by atoms with Crippen molar-refractivity contribution in [3.05, 3.63) is 100 Å². The van der Waals surface area contributed by atoms with Crippen LogP contribution in [-0.4, -0.2) is 36.8 Å². The van der Waals surface area contributed by atoms with E-state index in [9.17, 15) is 18.0 Å². The van der Waals surface area contributed by atoms with Gasteiger partial charge in [0.1, 0.15) is 18.0 Å². The number of sulfonamides is 1. The molecule has 10 heteroatoms. The van der Waals surface area contributed by atoms with E-state index >= 15 is 0 Å². The number of hydrogen-bond donors (Lipinski definition) is 1. The highest BCUT2D eigenvalue weighted by molar-refractivity contribution is 7.92. The monoisotopic (exact) mass is 576 g/mol. The number of amides is 1. The quantitative estimate of drug-likeness (QED) is 0.302. The third kappa shape index (κ3) is 6.22. The number of para-hydroxylation sites is 1. The first-order valence-corrected chi connectivity index (χ1v) is 14.8. The van der Waals surface area contributed by atoms with Gasteiger partial charge in [-0.05, 0) is 73.4 Å². The molecule has 0 unspecified atom stereocenters. The summed E-state index contributed by atoms with van der Waals surface area (Å²) in [5.41, 5.74) is 1.95. The van der Waals surface area contributed by atoms with Crippen molar-refractivity contribution in [1.29, 1.82) is 0 Å². The van der Waals surface area contributed by atoms with Gasteiger partial charge in [-0.1, -0.05) is 51.1 Å². The second-order valence-electron chi connectivity index (χ2n) is 10.7. The lowest BCUT2D eigenvalue weighted by Crippen LogP contribution is -2.38. The van der Waals surface area contributed by atoms with E-state index in [4.69, 9.17) is 4.74 Å². The van der Waals surface area contributed by atoms with E-state index < -0.39 is 28.0 Å². The van der Waals surface area contributed by atoms with Crippen molar-refractivity contribution in [2.75, 3.05) is 22.8 Å². The molecule has 4 rings (SSSR count). The molecule has 0 aliphatic carbocycles. The summed E-state index contributed by atoms with van der Waals surface area (Å²) < 4.78 is 37.5. The molecule has 41 heavy (non-hydrogen) atoms. The first-order chi connectivity index (χ1) is 19.3. The number of anilines is 2. The minimum absolute atomic E-state index is 0.0505. The maximum atomic E-state index is 13.9.